The molecule has 5 aromatic rings. The molecule has 0 bridgehead atoms. The number of aromatic nitrogens is 3. The Kier molecular flexibility index (Phi) is 9.55. The Morgan fingerprint density at radius 2 is 1.69 bits per heavy atom. The van der Waals surface area contributed by atoms with E-state index in [0.29, 0.717) is 40.6 Å². The molecule has 14 heteroatoms. The van der Waals surface area contributed by atoms with Crippen LogP contribution < -0.4 is 21.5 Å². The van der Waals surface area contributed by atoms with E-state index in [1.807, 2.05) is 6.07 Å². The maximum atomic E-state index is 14.8. The van der Waals surface area contributed by atoms with Crippen molar-refractivity contribution in [2.75, 3.05) is 18.4 Å². The van der Waals surface area contributed by atoms with E-state index >= 15 is 0 Å². The van der Waals surface area contributed by atoms with Crippen molar-refractivity contribution >= 4 is 38.4 Å². The zero-order valence-electron chi connectivity index (χ0n) is 25.6. The molecule has 246 valence electrons. The van der Waals surface area contributed by atoms with Crippen LogP contribution >= 0.6 is 0 Å². The van der Waals surface area contributed by atoms with E-state index in [0.717, 1.165) is 5.56 Å². The van der Waals surface area contributed by atoms with Gasteiger partial charge in [0.05, 0.1) is 21.5 Å². The summed E-state index contributed by atoms with van der Waals surface area (Å²) in [5, 5.41) is 16.0. The molecule has 3 amide bonds. The molecule has 1 aliphatic heterocycles. The molecule has 3 aromatic carbocycles. The van der Waals surface area contributed by atoms with Crippen LogP contribution in [-0.4, -0.2) is 59.0 Å². The van der Waals surface area contributed by atoms with Crippen molar-refractivity contribution in [3.63, 3.8) is 0 Å². The van der Waals surface area contributed by atoms with Gasteiger partial charge in [0, 0.05) is 55.6 Å². The molecule has 0 saturated carbocycles. The number of nitrogens with zero attached hydrogens (tertiary/aromatic N) is 3. The van der Waals surface area contributed by atoms with Gasteiger partial charge in [-0.15, -0.1) is 0 Å². The minimum Gasteiger partial charge on any atom is -0.349 e. The van der Waals surface area contributed by atoms with Gasteiger partial charge >= 0.3 is 6.03 Å². The first-order valence-electron chi connectivity index (χ1n) is 15.3. The number of halogens is 1. The quantitative estimate of drug-likeness (QED) is 0.184. The van der Waals surface area contributed by atoms with Crippen molar-refractivity contribution in [3.05, 3.63) is 130 Å². The first-order chi connectivity index (χ1) is 23.2. The van der Waals surface area contributed by atoms with Crippen LogP contribution in [0.15, 0.2) is 101 Å². The summed E-state index contributed by atoms with van der Waals surface area (Å²) in [4.78, 5) is 41.6. The lowest BCUT2D eigenvalue weighted by molar-refractivity contribution is 0.0919. The van der Waals surface area contributed by atoms with E-state index in [9.17, 15) is 27.2 Å². The van der Waals surface area contributed by atoms with E-state index in [1.165, 1.54) is 40.7 Å². The maximum Gasteiger partial charge on any atom is 0.319 e. The highest BCUT2D eigenvalue weighted by atomic mass is 32.2. The zero-order valence-corrected chi connectivity index (χ0v) is 26.5. The lowest BCUT2D eigenvalue weighted by Gasteiger charge is -2.31. The number of amides is 3. The van der Waals surface area contributed by atoms with Gasteiger partial charge in [-0.05, 0) is 72.5 Å². The van der Waals surface area contributed by atoms with E-state index in [2.05, 4.69) is 31.1 Å². The number of hydrogen-bond donors (Lipinski definition) is 4. The SMILES string of the molecule is O=C(NCc1cccnc1)Nc1ccc(S(=O)(=O)N2CCC(NC(=O)c3cc(Cc4n[nH]c(=O)c5ccccc45)ccc3F)CC2)cc1. The van der Waals surface area contributed by atoms with E-state index in [4.69, 9.17) is 0 Å². The van der Waals surface area contributed by atoms with Crippen molar-refractivity contribution in [1.82, 2.24) is 30.1 Å². The van der Waals surface area contributed by atoms with Crippen LogP contribution in [0.5, 0.6) is 0 Å². The van der Waals surface area contributed by atoms with Gasteiger partial charge in [-0.1, -0.05) is 30.3 Å². The van der Waals surface area contributed by atoms with Gasteiger partial charge in [-0.3, -0.25) is 14.6 Å². The molecule has 1 fully saturated rings. The molecular formula is C34H32FN7O5S. The van der Waals surface area contributed by atoms with Crippen molar-refractivity contribution in [3.8, 4) is 0 Å². The molecule has 0 radical (unpaired) electrons. The number of H-pyrrole nitrogens is 1. The van der Waals surface area contributed by atoms with Gasteiger partial charge < -0.3 is 16.0 Å². The third-order valence-corrected chi connectivity index (χ3v) is 10.0. The molecule has 12 nitrogen and oxygen atoms in total. The van der Waals surface area contributed by atoms with Gasteiger partial charge in [-0.25, -0.2) is 22.7 Å². The third kappa shape index (κ3) is 7.40. The summed E-state index contributed by atoms with van der Waals surface area (Å²) in [6, 6.07) is 20.0. The summed E-state index contributed by atoms with van der Waals surface area (Å²) in [7, 11) is -3.82. The second-order valence-corrected chi connectivity index (χ2v) is 13.3. The number of sulfonamides is 1. The van der Waals surface area contributed by atoms with Crippen LogP contribution in [0.1, 0.15) is 40.0 Å². The zero-order chi connectivity index (χ0) is 33.7. The largest absolute Gasteiger partial charge is 0.349 e. The third-order valence-electron chi connectivity index (χ3n) is 8.14. The Labute approximate surface area is 275 Å². The number of pyridine rings is 1. The lowest BCUT2D eigenvalue weighted by Crippen LogP contribution is -2.46. The minimum absolute atomic E-state index is 0.0787. The fourth-order valence-corrected chi connectivity index (χ4v) is 7.05. The van der Waals surface area contributed by atoms with E-state index in [-0.39, 0.29) is 48.1 Å². The molecule has 0 unspecified atom stereocenters. The van der Waals surface area contributed by atoms with Gasteiger partial charge in [0.2, 0.25) is 10.0 Å². The number of fused-ring (bicyclic) bond motifs is 1. The second kappa shape index (κ2) is 14.1. The number of piperidine rings is 1. The number of aromatic amines is 1. The van der Waals surface area contributed by atoms with Crippen molar-refractivity contribution in [2.24, 2.45) is 0 Å². The highest BCUT2D eigenvalue weighted by Crippen LogP contribution is 2.23. The predicted molar refractivity (Wildman–Crippen MR) is 177 cm³/mol. The summed E-state index contributed by atoms with van der Waals surface area (Å²) >= 11 is 0. The van der Waals surface area contributed by atoms with Gasteiger partial charge in [-0.2, -0.15) is 9.40 Å². The summed E-state index contributed by atoms with van der Waals surface area (Å²) in [6.45, 7) is 0.618. The smallest absolute Gasteiger partial charge is 0.319 e. The number of nitrogens with one attached hydrogen (secondary N) is 4. The Bertz CT molecular complexity index is 2120. The Balaban J connectivity index is 1.03. The van der Waals surface area contributed by atoms with Crippen LogP contribution in [0.25, 0.3) is 10.8 Å². The first-order valence-corrected chi connectivity index (χ1v) is 16.7. The molecule has 2 aromatic heterocycles. The molecule has 48 heavy (non-hydrogen) atoms. The van der Waals surface area contributed by atoms with Crippen LogP contribution in [-0.2, 0) is 23.0 Å². The molecule has 0 aliphatic carbocycles. The number of hydrogen-bond acceptors (Lipinski definition) is 7. The van der Waals surface area contributed by atoms with Crippen LogP contribution in [0.2, 0.25) is 0 Å². The van der Waals surface area contributed by atoms with Crippen molar-refractivity contribution in [2.45, 2.75) is 36.7 Å². The topological polar surface area (TPSA) is 166 Å². The maximum absolute atomic E-state index is 14.8. The number of carbonyl (C=O) groups is 2. The van der Waals surface area contributed by atoms with Crippen LogP contribution in [0.4, 0.5) is 14.9 Å². The van der Waals surface area contributed by atoms with E-state index < -0.39 is 27.8 Å². The van der Waals surface area contributed by atoms with Gasteiger partial charge in [0.25, 0.3) is 11.5 Å². The standard InChI is InChI=1S/C34H32FN7O5S/c35-30-12-7-22(19-31-27-5-1-2-6-28(27)33(44)41-40-31)18-29(30)32(43)38-25-13-16-42(17-14-25)48(46,47)26-10-8-24(9-11-26)39-34(45)37-21-23-4-3-15-36-20-23/h1-12,15,18,20,25H,13-14,16-17,19,21H2,(H,38,43)(H,41,44)(H2,37,39,45). The van der Waals surface area contributed by atoms with Crippen molar-refractivity contribution < 1.29 is 22.4 Å². The molecule has 1 saturated heterocycles. The Morgan fingerprint density at radius 1 is 0.938 bits per heavy atom. The highest BCUT2D eigenvalue weighted by molar-refractivity contribution is 7.89. The summed E-state index contributed by atoms with van der Waals surface area (Å²) in [5.74, 6) is -1.28. The number of anilines is 1. The number of rotatable bonds is 9. The monoisotopic (exact) mass is 669 g/mol. The molecular weight excluding hydrogens is 637 g/mol. The molecule has 3 heterocycles. The summed E-state index contributed by atoms with van der Waals surface area (Å²) in [6.07, 6.45) is 4.24. The fourth-order valence-electron chi connectivity index (χ4n) is 5.58. The van der Waals surface area contributed by atoms with Gasteiger partial charge in [0.15, 0.2) is 0 Å². The van der Waals surface area contributed by atoms with Crippen molar-refractivity contribution in [1.29, 1.82) is 0 Å². The molecule has 6 rings (SSSR count). The van der Waals surface area contributed by atoms with Crippen LogP contribution in [0.3, 0.4) is 0 Å². The van der Waals surface area contributed by atoms with E-state index in [1.54, 1.807) is 48.8 Å². The molecule has 0 spiro atoms. The average Bonchev–Trinajstić information content (AvgIpc) is 3.10. The average molecular weight is 670 g/mol. The fraction of sp³-hybridized carbons (Fsp3) is 0.206. The normalized spacial score (nSPS) is 14.0. The number of urea groups is 1. The second-order valence-electron chi connectivity index (χ2n) is 11.4. The minimum atomic E-state index is -3.82. The van der Waals surface area contributed by atoms with Gasteiger partial charge in [0.1, 0.15) is 5.82 Å². The summed E-state index contributed by atoms with van der Waals surface area (Å²) in [5.41, 5.74) is 2.06. The number of carbonyl (C=O) groups excluding carboxylic acids is 2. The lowest BCUT2D eigenvalue weighted by atomic mass is 10.0. The Hall–Kier alpha value is -5.47. The molecule has 0 atom stereocenters. The number of benzene rings is 3. The van der Waals surface area contributed by atoms with Crippen LogP contribution in [0, 0.1) is 5.82 Å². The molecule has 1 aliphatic rings. The first kappa shape index (κ1) is 32.5. The molecule has 4 N–H and O–H groups in total. The highest BCUT2D eigenvalue weighted by Gasteiger charge is 2.30. The Morgan fingerprint density at radius 3 is 2.42 bits per heavy atom. The summed E-state index contributed by atoms with van der Waals surface area (Å²) < 4.78 is 42.8. The predicted octanol–water partition coefficient (Wildman–Crippen LogP) is 3.95.